The summed E-state index contributed by atoms with van der Waals surface area (Å²) >= 11 is 5.93. The topological polar surface area (TPSA) is 75.9 Å². The van der Waals surface area contributed by atoms with Crippen LogP contribution in [0.5, 0.6) is 0 Å². The van der Waals surface area contributed by atoms with Gasteiger partial charge in [0.05, 0.1) is 6.61 Å². The molecule has 6 nitrogen and oxygen atoms in total. The lowest BCUT2D eigenvalue weighted by Gasteiger charge is -2.39. The molecule has 8 heteroatoms. The first-order valence-corrected chi connectivity index (χ1v) is 9.36. The molecule has 2 fully saturated rings. The van der Waals surface area contributed by atoms with Crippen LogP contribution < -0.4 is 5.73 Å². The molecule has 0 unspecified atom stereocenters. The summed E-state index contributed by atoms with van der Waals surface area (Å²) in [5.74, 6) is 0.125. The molecule has 2 amide bonds. The number of methoxy groups -OCH3 is 1. The van der Waals surface area contributed by atoms with Gasteiger partial charge in [0, 0.05) is 50.1 Å². The highest BCUT2D eigenvalue weighted by molar-refractivity contribution is 6.30. The lowest BCUT2D eigenvalue weighted by molar-refractivity contribution is -0.136. The third kappa shape index (κ3) is 5.13. The van der Waals surface area contributed by atoms with Crippen molar-refractivity contribution in [2.45, 2.75) is 31.8 Å². The summed E-state index contributed by atoms with van der Waals surface area (Å²) in [5, 5.41) is 0.696. The van der Waals surface area contributed by atoms with Crippen molar-refractivity contribution >= 4 is 35.8 Å². The molecule has 1 aromatic rings. The number of hydrogen-bond donors (Lipinski definition) is 1. The zero-order valence-corrected chi connectivity index (χ0v) is 17.1. The molecule has 2 N–H and O–H groups in total. The monoisotopic (exact) mass is 415 g/mol. The van der Waals surface area contributed by atoms with Crippen LogP contribution >= 0.6 is 24.0 Å². The highest BCUT2D eigenvalue weighted by atomic mass is 35.5. The molecule has 2 aliphatic rings. The van der Waals surface area contributed by atoms with Crippen LogP contribution in [0.2, 0.25) is 5.02 Å². The number of benzene rings is 1. The van der Waals surface area contributed by atoms with E-state index in [1.54, 1.807) is 4.90 Å². The number of nitrogens with two attached hydrogens (primary N) is 1. The number of hydrogen-bond acceptors (Lipinski definition) is 4. The van der Waals surface area contributed by atoms with E-state index in [9.17, 15) is 9.59 Å². The van der Waals surface area contributed by atoms with E-state index in [0.717, 1.165) is 24.9 Å². The Morgan fingerprint density at radius 3 is 2.52 bits per heavy atom. The average molecular weight is 416 g/mol. The maximum absolute atomic E-state index is 12.5. The molecule has 1 atom stereocenters. The van der Waals surface area contributed by atoms with Crippen molar-refractivity contribution in [1.29, 1.82) is 0 Å². The highest BCUT2D eigenvalue weighted by Gasteiger charge is 2.45. The van der Waals surface area contributed by atoms with Crippen LogP contribution in [0.4, 0.5) is 0 Å². The van der Waals surface area contributed by atoms with Crippen LogP contribution in [-0.2, 0) is 20.9 Å². The lowest BCUT2D eigenvalue weighted by atomic mass is 9.77. The molecule has 0 radical (unpaired) electrons. The predicted molar refractivity (Wildman–Crippen MR) is 107 cm³/mol. The Hall–Kier alpha value is -1.34. The summed E-state index contributed by atoms with van der Waals surface area (Å²) in [7, 11) is 1.54. The van der Waals surface area contributed by atoms with Gasteiger partial charge < -0.3 is 20.3 Å². The largest absolute Gasteiger partial charge is 0.383 e. The highest BCUT2D eigenvalue weighted by Crippen LogP contribution is 2.41. The first kappa shape index (κ1) is 22.0. The third-order valence-electron chi connectivity index (χ3n) is 5.49. The number of carbonyl (C=O) groups is 2. The van der Waals surface area contributed by atoms with E-state index in [-0.39, 0.29) is 36.2 Å². The number of carbonyl (C=O) groups excluding carboxylic acids is 2. The Bertz CT molecular complexity index is 661. The van der Waals surface area contributed by atoms with Crippen molar-refractivity contribution in [3.05, 3.63) is 34.9 Å². The van der Waals surface area contributed by atoms with Gasteiger partial charge in [0.2, 0.25) is 11.8 Å². The second-order valence-corrected chi connectivity index (χ2v) is 7.88. The summed E-state index contributed by atoms with van der Waals surface area (Å²) in [6.07, 6.45) is 2.23. The van der Waals surface area contributed by atoms with E-state index < -0.39 is 6.04 Å². The molecule has 0 aromatic heterocycles. The van der Waals surface area contributed by atoms with E-state index >= 15 is 0 Å². The van der Waals surface area contributed by atoms with Gasteiger partial charge in [-0.2, -0.15) is 0 Å². The van der Waals surface area contributed by atoms with Crippen molar-refractivity contribution < 1.29 is 14.3 Å². The molecule has 0 aliphatic carbocycles. The van der Waals surface area contributed by atoms with Crippen LogP contribution in [0.3, 0.4) is 0 Å². The minimum Gasteiger partial charge on any atom is -0.383 e. The summed E-state index contributed by atoms with van der Waals surface area (Å²) in [6.45, 7) is 2.89. The molecule has 3 rings (SSSR count). The van der Waals surface area contributed by atoms with Crippen LogP contribution in [0.15, 0.2) is 24.3 Å². The number of likely N-dealkylation sites (tertiary alicyclic amines) is 2. The Labute approximate surface area is 171 Å². The number of amides is 2. The third-order valence-corrected chi connectivity index (χ3v) is 5.74. The molecule has 150 valence electrons. The van der Waals surface area contributed by atoms with Gasteiger partial charge in [-0.3, -0.25) is 9.59 Å². The number of piperidine rings is 1. The summed E-state index contributed by atoms with van der Waals surface area (Å²) < 4.78 is 4.97. The number of ether oxygens (including phenoxy) is 1. The van der Waals surface area contributed by atoms with Crippen LogP contribution in [-0.4, -0.2) is 61.0 Å². The molecular weight excluding hydrogens is 389 g/mol. The number of halogens is 2. The maximum atomic E-state index is 12.5. The fourth-order valence-electron chi connectivity index (χ4n) is 3.96. The summed E-state index contributed by atoms with van der Waals surface area (Å²) in [6, 6.07) is 7.00. The first-order valence-electron chi connectivity index (χ1n) is 8.98. The molecule has 1 aromatic carbocycles. The SMILES string of the molecule is COC[C@@H](N)C(=O)N1CCC2(CC1)CC(=O)N(Cc1ccc(Cl)cc1)C2.Cl. The van der Waals surface area contributed by atoms with Gasteiger partial charge in [-0.25, -0.2) is 0 Å². The van der Waals surface area contributed by atoms with Gasteiger partial charge in [-0.15, -0.1) is 12.4 Å². The smallest absolute Gasteiger partial charge is 0.241 e. The Morgan fingerprint density at radius 1 is 1.30 bits per heavy atom. The van der Waals surface area contributed by atoms with Crippen molar-refractivity contribution in [3.8, 4) is 0 Å². The van der Waals surface area contributed by atoms with Crippen molar-refractivity contribution in [3.63, 3.8) is 0 Å². The zero-order chi connectivity index (χ0) is 18.7. The van der Waals surface area contributed by atoms with Gasteiger partial charge in [0.15, 0.2) is 0 Å². The maximum Gasteiger partial charge on any atom is 0.241 e. The number of rotatable bonds is 5. The average Bonchev–Trinajstić information content (AvgIpc) is 2.92. The molecule has 1 spiro atoms. The molecule has 27 heavy (non-hydrogen) atoms. The van der Waals surface area contributed by atoms with E-state index in [2.05, 4.69) is 0 Å². The Morgan fingerprint density at radius 2 is 1.93 bits per heavy atom. The fraction of sp³-hybridized carbons (Fsp3) is 0.579. The van der Waals surface area contributed by atoms with E-state index in [4.69, 9.17) is 22.1 Å². The minimum atomic E-state index is -0.610. The van der Waals surface area contributed by atoms with Gasteiger partial charge in [0.25, 0.3) is 0 Å². The van der Waals surface area contributed by atoms with Crippen LogP contribution in [0, 0.1) is 5.41 Å². The molecular formula is C19H27Cl2N3O3. The Kier molecular flexibility index (Phi) is 7.51. The zero-order valence-electron chi connectivity index (χ0n) is 15.5. The Balaban J connectivity index is 0.00000261. The second-order valence-electron chi connectivity index (χ2n) is 7.44. The van der Waals surface area contributed by atoms with E-state index in [0.29, 0.717) is 31.1 Å². The normalized spacial score (nSPS) is 19.9. The standard InChI is InChI=1S/C19H26ClN3O3.ClH/c1-26-12-16(21)18(25)22-8-6-19(7-9-22)10-17(24)23(13-19)11-14-2-4-15(20)5-3-14;/h2-5,16H,6-13,21H2,1H3;1H/t16-;/m1./s1. The minimum absolute atomic E-state index is 0. The van der Waals surface area contributed by atoms with Gasteiger partial charge >= 0.3 is 0 Å². The van der Waals surface area contributed by atoms with Gasteiger partial charge in [0.1, 0.15) is 6.04 Å². The second kappa shape index (κ2) is 9.24. The lowest BCUT2D eigenvalue weighted by Crippen LogP contribution is -2.51. The van der Waals surface area contributed by atoms with Crippen LogP contribution in [0.1, 0.15) is 24.8 Å². The predicted octanol–water partition coefficient (Wildman–Crippen LogP) is 2.08. The van der Waals surface area contributed by atoms with Crippen molar-refractivity contribution in [2.24, 2.45) is 11.1 Å². The molecule has 2 saturated heterocycles. The van der Waals surface area contributed by atoms with Crippen LogP contribution in [0.25, 0.3) is 0 Å². The van der Waals surface area contributed by atoms with E-state index in [1.807, 2.05) is 29.2 Å². The summed E-state index contributed by atoms with van der Waals surface area (Å²) in [4.78, 5) is 28.6. The summed E-state index contributed by atoms with van der Waals surface area (Å²) in [5.41, 5.74) is 6.92. The molecule has 0 bridgehead atoms. The quantitative estimate of drug-likeness (QED) is 0.798. The molecule has 0 saturated carbocycles. The van der Waals surface area contributed by atoms with Gasteiger partial charge in [-0.1, -0.05) is 23.7 Å². The van der Waals surface area contributed by atoms with Crippen molar-refractivity contribution in [1.82, 2.24) is 9.80 Å². The molecule has 2 aliphatic heterocycles. The number of nitrogens with zero attached hydrogens (tertiary/aromatic N) is 2. The fourth-order valence-corrected chi connectivity index (χ4v) is 4.08. The van der Waals surface area contributed by atoms with Gasteiger partial charge in [-0.05, 0) is 30.5 Å². The first-order chi connectivity index (χ1) is 12.4. The van der Waals surface area contributed by atoms with Crippen molar-refractivity contribution in [2.75, 3.05) is 33.4 Å². The molecule has 2 heterocycles. The van der Waals surface area contributed by atoms with E-state index in [1.165, 1.54) is 7.11 Å².